The summed E-state index contributed by atoms with van der Waals surface area (Å²) in [5.74, 6) is -1.49. The van der Waals surface area contributed by atoms with Gasteiger partial charge in [-0.3, -0.25) is 9.69 Å². The van der Waals surface area contributed by atoms with Gasteiger partial charge in [0.2, 0.25) is 0 Å². The summed E-state index contributed by atoms with van der Waals surface area (Å²) in [5.41, 5.74) is 2.43. The first-order valence-corrected chi connectivity index (χ1v) is 8.45. The molecule has 0 N–H and O–H groups in total. The summed E-state index contributed by atoms with van der Waals surface area (Å²) in [5, 5.41) is 0. The molecule has 0 saturated carbocycles. The average molecular weight is 343 g/mol. The fraction of sp³-hybridized carbons (Fsp3) is 0.0909. The summed E-state index contributed by atoms with van der Waals surface area (Å²) >= 11 is 0. The molecular formula is C22H17NO3. The maximum atomic E-state index is 12.7. The van der Waals surface area contributed by atoms with Crippen LogP contribution >= 0.6 is 0 Å². The van der Waals surface area contributed by atoms with Gasteiger partial charge >= 0.3 is 11.9 Å². The second-order valence-electron chi connectivity index (χ2n) is 6.10. The minimum Gasteiger partial charge on any atom is -0.448 e. The number of amides is 1. The first-order valence-electron chi connectivity index (χ1n) is 8.45. The van der Waals surface area contributed by atoms with Gasteiger partial charge in [-0.25, -0.2) is 4.79 Å². The van der Waals surface area contributed by atoms with E-state index in [2.05, 4.69) is 0 Å². The number of anilines is 1. The van der Waals surface area contributed by atoms with Crippen LogP contribution in [0.2, 0.25) is 0 Å². The van der Waals surface area contributed by atoms with E-state index in [1.807, 2.05) is 91.0 Å². The number of ether oxygens (including phenoxy) is 1. The van der Waals surface area contributed by atoms with Crippen molar-refractivity contribution in [3.8, 4) is 0 Å². The molecule has 0 spiro atoms. The van der Waals surface area contributed by atoms with Crippen molar-refractivity contribution in [1.29, 1.82) is 0 Å². The highest BCUT2D eigenvalue weighted by Gasteiger charge is 2.44. The monoisotopic (exact) mass is 343 g/mol. The van der Waals surface area contributed by atoms with Gasteiger partial charge in [-0.2, -0.15) is 0 Å². The predicted octanol–water partition coefficient (Wildman–Crippen LogP) is 4.06. The molecule has 1 amide bonds. The summed E-state index contributed by atoms with van der Waals surface area (Å²) in [6, 6.07) is 28.0. The van der Waals surface area contributed by atoms with E-state index < -0.39 is 24.0 Å². The SMILES string of the molecule is O=C1O[C@H](c2ccccc2)[C@H](c2ccccc2)N(c2ccccc2)C1=O. The van der Waals surface area contributed by atoms with E-state index in [4.69, 9.17) is 4.74 Å². The zero-order chi connectivity index (χ0) is 17.9. The van der Waals surface area contributed by atoms with Gasteiger partial charge in [-0.1, -0.05) is 78.9 Å². The van der Waals surface area contributed by atoms with Crippen molar-refractivity contribution in [2.75, 3.05) is 4.90 Å². The number of esters is 1. The van der Waals surface area contributed by atoms with Crippen LogP contribution in [0.15, 0.2) is 91.0 Å². The summed E-state index contributed by atoms with van der Waals surface area (Å²) in [7, 11) is 0. The number of nitrogens with zero attached hydrogens (tertiary/aromatic N) is 1. The van der Waals surface area contributed by atoms with Gasteiger partial charge < -0.3 is 4.74 Å². The molecule has 1 heterocycles. The Morgan fingerprint density at radius 2 is 1.15 bits per heavy atom. The Balaban J connectivity index is 1.89. The lowest BCUT2D eigenvalue weighted by Crippen LogP contribution is -2.48. The van der Waals surface area contributed by atoms with Crippen molar-refractivity contribution in [3.63, 3.8) is 0 Å². The molecule has 4 rings (SSSR count). The molecule has 3 aromatic carbocycles. The predicted molar refractivity (Wildman–Crippen MR) is 98.4 cm³/mol. The number of morpholine rings is 1. The highest BCUT2D eigenvalue weighted by atomic mass is 16.6. The van der Waals surface area contributed by atoms with Crippen molar-refractivity contribution in [3.05, 3.63) is 102 Å². The van der Waals surface area contributed by atoms with Crippen LogP contribution in [-0.4, -0.2) is 11.9 Å². The second kappa shape index (κ2) is 6.84. The maximum absolute atomic E-state index is 12.7. The Hall–Kier alpha value is -3.40. The lowest BCUT2D eigenvalue weighted by molar-refractivity contribution is -0.164. The zero-order valence-electron chi connectivity index (χ0n) is 14.0. The van der Waals surface area contributed by atoms with Gasteiger partial charge in [0.05, 0.1) is 0 Å². The fourth-order valence-electron chi connectivity index (χ4n) is 3.32. The van der Waals surface area contributed by atoms with E-state index >= 15 is 0 Å². The molecule has 0 radical (unpaired) electrons. The molecule has 1 aliphatic rings. The van der Waals surface area contributed by atoms with E-state index in [0.717, 1.165) is 11.1 Å². The Morgan fingerprint density at radius 1 is 0.654 bits per heavy atom. The number of cyclic esters (lactones) is 1. The molecular weight excluding hydrogens is 326 g/mol. The molecule has 1 fully saturated rings. The normalized spacial score (nSPS) is 19.9. The molecule has 0 bridgehead atoms. The molecule has 0 aliphatic carbocycles. The number of hydrogen-bond donors (Lipinski definition) is 0. The van der Waals surface area contributed by atoms with E-state index in [9.17, 15) is 9.59 Å². The Morgan fingerprint density at radius 3 is 1.73 bits per heavy atom. The third-order valence-corrected chi connectivity index (χ3v) is 4.50. The number of carbonyl (C=O) groups excluding carboxylic acids is 2. The first kappa shape index (κ1) is 16.1. The average Bonchev–Trinajstić information content (AvgIpc) is 2.71. The summed E-state index contributed by atoms with van der Waals surface area (Å²) < 4.78 is 5.57. The third kappa shape index (κ3) is 2.86. The van der Waals surface area contributed by atoms with Crippen molar-refractivity contribution in [2.24, 2.45) is 0 Å². The smallest absolute Gasteiger partial charge is 0.398 e. The molecule has 26 heavy (non-hydrogen) atoms. The molecule has 3 aromatic rings. The minimum atomic E-state index is -0.838. The lowest BCUT2D eigenvalue weighted by atomic mass is 9.92. The topological polar surface area (TPSA) is 46.6 Å². The Bertz CT molecular complexity index is 910. The van der Waals surface area contributed by atoms with Crippen LogP contribution in [0.25, 0.3) is 0 Å². The van der Waals surface area contributed by atoms with Gasteiger partial charge in [0.15, 0.2) is 6.10 Å². The number of carbonyl (C=O) groups is 2. The molecule has 1 saturated heterocycles. The Kier molecular flexibility index (Phi) is 4.23. The zero-order valence-corrected chi connectivity index (χ0v) is 14.0. The van der Waals surface area contributed by atoms with Crippen LogP contribution in [0.3, 0.4) is 0 Å². The second-order valence-corrected chi connectivity index (χ2v) is 6.10. The molecule has 4 heteroatoms. The van der Waals surface area contributed by atoms with Crippen LogP contribution in [0.1, 0.15) is 23.3 Å². The maximum Gasteiger partial charge on any atom is 0.398 e. The number of benzene rings is 3. The van der Waals surface area contributed by atoms with E-state index in [1.165, 1.54) is 0 Å². The van der Waals surface area contributed by atoms with Crippen LogP contribution in [0.5, 0.6) is 0 Å². The van der Waals surface area contributed by atoms with Gasteiger partial charge in [0.1, 0.15) is 6.04 Å². The molecule has 0 aromatic heterocycles. The summed E-state index contributed by atoms with van der Waals surface area (Å²) in [4.78, 5) is 26.6. The van der Waals surface area contributed by atoms with Crippen molar-refractivity contribution in [1.82, 2.24) is 0 Å². The van der Waals surface area contributed by atoms with E-state index in [1.54, 1.807) is 4.90 Å². The standard InChI is InChI=1S/C22H17NO3/c24-21-22(25)26-20(17-12-6-2-7-13-17)19(16-10-4-1-5-11-16)23(21)18-14-8-3-9-15-18/h1-15,19-20H/t19-,20+/m0/s1. The quantitative estimate of drug-likeness (QED) is 0.532. The van der Waals surface area contributed by atoms with Crippen LogP contribution in [0, 0.1) is 0 Å². The van der Waals surface area contributed by atoms with Crippen LogP contribution in [0.4, 0.5) is 5.69 Å². The van der Waals surface area contributed by atoms with Crippen LogP contribution in [-0.2, 0) is 14.3 Å². The Labute approximate surface area is 151 Å². The van der Waals surface area contributed by atoms with Crippen LogP contribution < -0.4 is 4.90 Å². The molecule has 4 nitrogen and oxygen atoms in total. The molecule has 2 atom stereocenters. The first-order chi connectivity index (χ1) is 12.8. The van der Waals surface area contributed by atoms with Crippen molar-refractivity contribution < 1.29 is 14.3 Å². The lowest BCUT2D eigenvalue weighted by Gasteiger charge is -2.40. The van der Waals surface area contributed by atoms with Gasteiger partial charge in [0.25, 0.3) is 0 Å². The fourth-order valence-corrected chi connectivity index (χ4v) is 3.32. The van der Waals surface area contributed by atoms with Gasteiger partial charge in [-0.05, 0) is 23.3 Å². The molecule has 0 unspecified atom stereocenters. The minimum absolute atomic E-state index is 0.439. The molecule has 1 aliphatic heterocycles. The summed E-state index contributed by atoms with van der Waals surface area (Å²) in [6.45, 7) is 0. The highest BCUT2D eigenvalue weighted by Crippen LogP contribution is 2.42. The molecule has 128 valence electrons. The third-order valence-electron chi connectivity index (χ3n) is 4.50. The van der Waals surface area contributed by atoms with Crippen molar-refractivity contribution in [2.45, 2.75) is 12.1 Å². The van der Waals surface area contributed by atoms with E-state index in [-0.39, 0.29) is 0 Å². The summed E-state index contributed by atoms with van der Waals surface area (Å²) in [6.07, 6.45) is -0.580. The number of para-hydroxylation sites is 1. The highest BCUT2D eigenvalue weighted by molar-refractivity contribution is 6.39. The van der Waals surface area contributed by atoms with E-state index in [0.29, 0.717) is 5.69 Å². The largest absolute Gasteiger partial charge is 0.448 e. The van der Waals surface area contributed by atoms with Gasteiger partial charge in [0, 0.05) is 5.69 Å². The van der Waals surface area contributed by atoms with Crippen molar-refractivity contribution >= 4 is 17.6 Å². The number of rotatable bonds is 3. The number of hydrogen-bond acceptors (Lipinski definition) is 3. The van der Waals surface area contributed by atoms with Gasteiger partial charge in [-0.15, -0.1) is 0 Å².